The molecule has 2 aromatic rings. The summed E-state index contributed by atoms with van der Waals surface area (Å²) in [7, 11) is 1.36. The standard InChI is InChI=1S/C27H28O4/c1-25-14-13-20(16-25)27(3)26(25,2)21-15-19(10-12-23(21)31-27)22(28)11-7-17-5-8-18(9-6-17)24(29)30-4/h5-12,15,20H,13-14,16H2,1-4H3/b11-7+. The number of carbonyl (C=O) groups excluding carboxylic acids is 2. The number of allylic oxidation sites excluding steroid dienone is 1. The fourth-order valence-electron chi connectivity index (χ4n) is 6.46. The van der Waals surface area contributed by atoms with Crippen LogP contribution in [0.5, 0.6) is 5.75 Å². The summed E-state index contributed by atoms with van der Waals surface area (Å²) in [4.78, 5) is 24.5. The third-order valence-electron chi connectivity index (χ3n) is 8.60. The lowest BCUT2D eigenvalue weighted by Gasteiger charge is -2.48. The average Bonchev–Trinajstić information content (AvgIpc) is 3.35. The van der Waals surface area contributed by atoms with Gasteiger partial charge in [-0.15, -0.1) is 0 Å². The van der Waals surface area contributed by atoms with Crippen molar-refractivity contribution in [2.75, 3.05) is 7.11 Å². The first-order chi connectivity index (χ1) is 14.7. The lowest BCUT2D eigenvalue weighted by Crippen LogP contribution is -2.54. The molecule has 2 aliphatic carbocycles. The maximum Gasteiger partial charge on any atom is 0.337 e. The highest BCUT2D eigenvalue weighted by atomic mass is 16.5. The molecular formula is C27H28O4. The Kier molecular flexibility index (Phi) is 4.24. The van der Waals surface area contributed by atoms with E-state index >= 15 is 0 Å². The molecule has 4 atom stereocenters. The predicted molar refractivity (Wildman–Crippen MR) is 119 cm³/mol. The highest BCUT2D eigenvalue weighted by Crippen LogP contribution is 2.73. The van der Waals surface area contributed by atoms with Gasteiger partial charge in [0.05, 0.1) is 12.7 Å². The molecule has 2 saturated carbocycles. The van der Waals surface area contributed by atoms with E-state index in [9.17, 15) is 9.59 Å². The van der Waals surface area contributed by atoms with Crippen LogP contribution >= 0.6 is 0 Å². The minimum atomic E-state index is -0.373. The molecule has 4 nitrogen and oxygen atoms in total. The minimum absolute atomic E-state index is 0.0367. The fourth-order valence-corrected chi connectivity index (χ4v) is 6.46. The van der Waals surface area contributed by atoms with E-state index in [4.69, 9.17) is 9.47 Å². The second-order valence-electron chi connectivity index (χ2n) is 9.86. The Morgan fingerprint density at radius 1 is 1.06 bits per heavy atom. The van der Waals surface area contributed by atoms with E-state index in [-0.39, 0.29) is 28.2 Å². The zero-order valence-corrected chi connectivity index (χ0v) is 18.5. The number of benzene rings is 2. The minimum Gasteiger partial charge on any atom is -0.486 e. The molecule has 3 aliphatic rings. The van der Waals surface area contributed by atoms with E-state index in [1.807, 2.05) is 12.1 Å². The molecule has 4 heteroatoms. The molecule has 0 aromatic heterocycles. The van der Waals surface area contributed by atoms with Crippen LogP contribution in [-0.4, -0.2) is 24.5 Å². The van der Waals surface area contributed by atoms with Gasteiger partial charge in [0, 0.05) is 16.5 Å². The third kappa shape index (κ3) is 2.60. The number of methoxy groups -OCH3 is 1. The molecule has 0 N–H and O–H groups in total. The van der Waals surface area contributed by atoms with Crippen LogP contribution < -0.4 is 4.74 Å². The van der Waals surface area contributed by atoms with Gasteiger partial charge >= 0.3 is 5.97 Å². The maximum atomic E-state index is 13.0. The SMILES string of the molecule is COC(=O)c1ccc(/C=C/C(=O)c2ccc3c(c2)C2(C)C4(C)CCC(C4)C2(C)O3)cc1. The Morgan fingerprint density at radius 2 is 1.77 bits per heavy atom. The van der Waals surface area contributed by atoms with Crippen LogP contribution in [0.25, 0.3) is 6.08 Å². The molecular weight excluding hydrogens is 388 g/mol. The number of esters is 1. The number of ketones is 1. The van der Waals surface area contributed by atoms with Gasteiger partial charge in [-0.05, 0) is 79.5 Å². The molecule has 0 saturated heterocycles. The molecule has 2 fully saturated rings. The second kappa shape index (κ2) is 6.56. The molecule has 2 bridgehead atoms. The van der Waals surface area contributed by atoms with Crippen LogP contribution in [0, 0.1) is 11.3 Å². The summed E-state index contributed by atoms with van der Waals surface area (Å²) in [5, 5.41) is 0. The van der Waals surface area contributed by atoms with Gasteiger partial charge in [-0.1, -0.05) is 32.1 Å². The molecule has 0 amide bonds. The van der Waals surface area contributed by atoms with Gasteiger partial charge in [-0.25, -0.2) is 4.79 Å². The van der Waals surface area contributed by atoms with Crippen molar-refractivity contribution in [1.82, 2.24) is 0 Å². The van der Waals surface area contributed by atoms with Crippen molar-refractivity contribution >= 4 is 17.8 Å². The lowest BCUT2D eigenvalue weighted by atomic mass is 9.56. The number of rotatable bonds is 4. The van der Waals surface area contributed by atoms with Gasteiger partial charge in [0.1, 0.15) is 11.4 Å². The molecule has 5 rings (SSSR count). The Labute approximate surface area is 183 Å². The largest absolute Gasteiger partial charge is 0.486 e. The summed E-state index contributed by atoms with van der Waals surface area (Å²) in [6, 6.07) is 12.9. The first-order valence-electron chi connectivity index (χ1n) is 11.0. The van der Waals surface area contributed by atoms with Crippen molar-refractivity contribution in [2.45, 2.75) is 51.0 Å². The quantitative estimate of drug-likeness (QED) is 0.370. The van der Waals surface area contributed by atoms with Crippen molar-refractivity contribution in [3.8, 4) is 5.75 Å². The number of fused-ring (bicyclic) bond motifs is 7. The van der Waals surface area contributed by atoms with E-state index in [0.29, 0.717) is 17.0 Å². The van der Waals surface area contributed by atoms with E-state index in [1.54, 1.807) is 36.4 Å². The maximum absolute atomic E-state index is 13.0. The van der Waals surface area contributed by atoms with Gasteiger partial charge in [0.15, 0.2) is 5.78 Å². The van der Waals surface area contributed by atoms with Gasteiger partial charge in [-0.2, -0.15) is 0 Å². The van der Waals surface area contributed by atoms with Gasteiger partial charge < -0.3 is 9.47 Å². The van der Waals surface area contributed by atoms with Crippen LogP contribution in [0.3, 0.4) is 0 Å². The monoisotopic (exact) mass is 416 g/mol. The normalized spacial score (nSPS) is 32.6. The highest BCUT2D eigenvalue weighted by molar-refractivity contribution is 6.07. The molecule has 0 spiro atoms. The highest BCUT2D eigenvalue weighted by Gasteiger charge is 2.73. The van der Waals surface area contributed by atoms with Gasteiger partial charge in [-0.3, -0.25) is 4.79 Å². The summed E-state index contributed by atoms with van der Waals surface area (Å²) in [5.41, 5.74) is 3.13. The summed E-state index contributed by atoms with van der Waals surface area (Å²) >= 11 is 0. The first kappa shape index (κ1) is 20.0. The Hall–Kier alpha value is -2.88. The van der Waals surface area contributed by atoms with Crippen LogP contribution in [-0.2, 0) is 10.2 Å². The van der Waals surface area contributed by atoms with Crippen LogP contribution in [0.4, 0.5) is 0 Å². The summed E-state index contributed by atoms with van der Waals surface area (Å²) in [6.45, 7) is 7.00. The summed E-state index contributed by atoms with van der Waals surface area (Å²) in [6.07, 6.45) is 7.00. The average molecular weight is 417 g/mol. The Bertz CT molecular complexity index is 1110. The van der Waals surface area contributed by atoms with Crippen molar-refractivity contribution < 1.29 is 19.1 Å². The smallest absolute Gasteiger partial charge is 0.337 e. The fraction of sp³-hybridized carbons (Fsp3) is 0.407. The van der Waals surface area contributed by atoms with Gasteiger partial charge in [0.2, 0.25) is 0 Å². The van der Waals surface area contributed by atoms with E-state index in [0.717, 1.165) is 11.3 Å². The molecule has 2 aromatic carbocycles. The van der Waals surface area contributed by atoms with E-state index in [2.05, 4.69) is 26.8 Å². The Morgan fingerprint density at radius 3 is 2.48 bits per heavy atom. The molecule has 160 valence electrons. The molecule has 31 heavy (non-hydrogen) atoms. The van der Waals surface area contributed by atoms with E-state index < -0.39 is 0 Å². The lowest BCUT2D eigenvalue weighted by molar-refractivity contribution is -0.0260. The van der Waals surface area contributed by atoms with Crippen molar-refractivity contribution in [3.63, 3.8) is 0 Å². The summed E-state index contributed by atoms with van der Waals surface area (Å²) < 4.78 is 11.3. The molecule has 0 radical (unpaired) electrons. The van der Waals surface area contributed by atoms with E-state index in [1.165, 1.54) is 31.9 Å². The topological polar surface area (TPSA) is 52.6 Å². The molecule has 1 heterocycles. The first-order valence-corrected chi connectivity index (χ1v) is 11.0. The third-order valence-corrected chi connectivity index (χ3v) is 8.60. The van der Waals surface area contributed by atoms with Crippen molar-refractivity contribution in [3.05, 3.63) is 70.8 Å². The number of hydrogen-bond donors (Lipinski definition) is 0. The number of hydrogen-bond acceptors (Lipinski definition) is 4. The second-order valence-corrected chi connectivity index (χ2v) is 9.86. The number of ether oxygens (including phenoxy) is 2. The van der Waals surface area contributed by atoms with Crippen molar-refractivity contribution in [1.29, 1.82) is 0 Å². The number of carbonyl (C=O) groups is 2. The molecule has 1 aliphatic heterocycles. The summed E-state index contributed by atoms with van der Waals surface area (Å²) in [5.74, 6) is 1.09. The van der Waals surface area contributed by atoms with Crippen LogP contribution in [0.1, 0.15) is 71.9 Å². The van der Waals surface area contributed by atoms with Crippen molar-refractivity contribution in [2.24, 2.45) is 11.3 Å². The van der Waals surface area contributed by atoms with Crippen LogP contribution in [0.15, 0.2) is 48.5 Å². The van der Waals surface area contributed by atoms with Gasteiger partial charge in [0.25, 0.3) is 0 Å². The Balaban J connectivity index is 1.42. The predicted octanol–water partition coefficient (Wildman–Crippen LogP) is 5.60. The zero-order chi connectivity index (χ0) is 22.0. The van der Waals surface area contributed by atoms with Crippen LogP contribution in [0.2, 0.25) is 0 Å². The zero-order valence-electron chi connectivity index (χ0n) is 18.5. The molecule has 4 unspecified atom stereocenters.